The summed E-state index contributed by atoms with van der Waals surface area (Å²) in [5.41, 5.74) is 2.45. The predicted molar refractivity (Wildman–Crippen MR) is 99.2 cm³/mol. The van der Waals surface area contributed by atoms with Gasteiger partial charge in [0.15, 0.2) is 0 Å². The lowest BCUT2D eigenvalue weighted by Crippen LogP contribution is -2.24. The first-order valence-electron chi connectivity index (χ1n) is 7.75. The second-order valence-electron chi connectivity index (χ2n) is 5.68. The molecule has 0 saturated carbocycles. The molecule has 25 heavy (non-hydrogen) atoms. The minimum Gasteiger partial charge on any atom is -0.304 e. The lowest BCUT2D eigenvalue weighted by atomic mass is 10.2. The number of aryl methyl sites for hydroxylation is 1. The van der Waals surface area contributed by atoms with Crippen molar-refractivity contribution in [2.75, 3.05) is 0 Å². The SMILES string of the molecule is Cc1nccn1-c1ccc(CNS(=O)(=O)Cc2ccccc2Cl)cc1. The second-order valence-corrected chi connectivity index (χ2v) is 7.90. The molecule has 0 unspecified atom stereocenters. The predicted octanol–water partition coefficient (Wildman–Crippen LogP) is 3.45. The molecule has 1 heterocycles. The molecule has 130 valence electrons. The Balaban J connectivity index is 1.65. The molecule has 0 saturated heterocycles. The Hall–Kier alpha value is -2.15. The summed E-state index contributed by atoms with van der Waals surface area (Å²) in [5.74, 6) is 0.757. The number of rotatable bonds is 6. The van der Waals surface area contributed by atoms with Crippen LogP contribution in [0.3, 0.4) is 0 Å². The highest BCUT2D eigenvalue weighted by atomic mass is 35.5. The first kappa shape index (κ1) is 17.7. The molecule has 0 amide bonds. The quantitative estimate of drug-likeness (QED) is 0.717. The molecule has 0 radical (unpaired) electrons. The average Bonchev–Trinajstić information content (AvgIpc) is 3.02. The summed E-state index contributed by atoms with van der Waals surface area (Å²) in [4.78, 5) is 4.19. The summed E-state index contributed by atoms with van der Waals surface area (Å²) in [7, 11) is -3.47. The Kier molecular flexibility index (Phi) is 5.22. The molecule has 5 nitrogen and oxygen atoms in total. The number of sulfonamides is 1. The van der Waals surface area contributed by atoms with E-state index in [1.54, 1.807) is 30.5 Å². The number of halogens is 1. The molecule has 3 rings (SSSR count). The van der Waals surface area contributed by atoms with E-state index in [1.165, 1.54) is 0 Å². The average molecular weight is 376 g/mol. The first-order valence-corrected chi connectivity index (χ1v) is 9.78. The lowest BCUT2D eigenvalue weighted by molar-refractivity contribution is 0.580. The van der Waals surface area contributed by atoms with Crippen LogP contribution in [0.4, 0.5) is 0 Å². The van der Waals surface area contributed by atoms with Gasteiger partial charge in [0.05, 0.1) is 5.75 Å². The van der Waals surface area contributed by atoms with Gasteiger partial charge in [-0.25, -0.2) is 18.1 Å². The minimum absolute atomic E-state index is 0.140. The number of imidazole rings is 1. The van der Waals surface area contributed by atoms with Gasteiger partial charge in [-0.15, -0.1) is 0 Å². The van der Waals surface area contributed by atoms with E-state index >= 15 is 0 Å². The van der Waals surface area contributed by atoms with E-state index in [9.17, 15) is 8.42 Å². The van der Waals surface area contributed by atoms with Gasteiger partial charge in [-0.2, -0.15) is 0 Å². The summed E-state index contributed by atoms with van der Waals surface area (Å²) >= 11 is 6.03. The van der Waals surface area contributed by atoms with Gasteiger partial charge in [-0.3, -0.25) is 0 Å². The highest BCUT2D eigenvalue weighted by Crippen LogP contribution is 2.17. The summed E-state index contributed by atoms with van der Waals surface area (Å²) in [6, 6.07) is 14.6. The van der Waals surface area contributed by atoms with Crippen LogP contribution in [0, 0.1) is 6.92 Å². The van der Waals surface area contributed by atoms with Crippen molar-refractivity contribution in [1.29, 1.82) is 0 Å². The Labute approximate surface area is 152 Å². The van der Waals surface area contributed by atoms with Gasteiger partial charge in [0, 0.05) is 29.6 Å². The highest BCUT2D eigenvalue weighted by Gasteiger charge is 2.13. The second kappa shape index (κ2) is 7.39. The number of aromatic nitrogens is 2. The van der Waals surface area contributed by atoms with Crippen molar-refractivity contribution in [3.05, 3.63) is 82.9 Å². The molecule has 1 aromatic heterocycles. The molecule has 0 atom stereocenters. The van der Waals surface area contributed by atoms with Crippen LogP contribution in [0.5, 0.6) is 0 Å². The normalized spacial score (nSPS) is 11.6. The molecule has 2 aromatic carbocycles. The fraction of sp³-hybridized carbons (Fsp3) is 0.167. The summed E-state index contributed by atoms with van der Waals surface area (Å²) in [6.07, 6.45) is 3.63. The zero-order chi connectivity index (χ0) is 17.9. The van der Waals surface area contributed by atoms with Gasteiger partial charge in [-0.1, -0.05) is 41.9 Å². The van der Waals surface area contributed by atoms with Crippen molar-refractivity contribution in [3.8, 4) is 5.69 Å². The fourth-order valence-electron chi connectivity index (χ4n) is 2.49. The molecule has 7 heteroatoms. The third-order valence-corrected chi connectivity index (χ3v) is 5.48. The summed E-state index contributed by atoms with van der Waals surface area (Å²) < 4.78 is 29.1. The fourth-order valence-corrected chi connectivity index (χ4v) is 3.92. The van der Waals surface area contributed by atoms with Gasteiger partial charge >= 0.3 is 0 Å². The van der Waals surface area contributed by atoms with Crippen LogP contribution in [0.1, 0.15) is 17.0 Å². The third-order valence-electron chi connectivity index (χ3n) is 3.84. The topological polar surface area (TPSA) is 64.0 Å². The maximum atomic E-state index is 12.2. The van der Waals surface area contributed by atoms with Crippen molar-refractivity contribution in [1.82, 2.24) is 14.3 Å². The van der Waals surface area contributed by atoms with Crippen molar-refractivity contribution < 1.29 is 8.42 Å². The zero-order valence-electron chi connectivity index (χ0n) is 13.7. The largest absolute Gasteiger partial charge is 0.304 e. The molecule has 0 spiro atoms. The van der Waals surface area contributed by atoms with Gasteiger partial charge in [-0.05, 0) is 36.2 Å². The van der Waals surface area contributed by atoms with E-state index in [1.807, 2.05) is 42.0 Å². The molecule has 0 bridgehead atoms. The van der Waals surface area contributed by atoms with Gasteiger partial charge in [0.2, 0.25) is 10.0 Å². The van der Waals surface area contributed by atoms with E-state index < -0.39 is 10.0 Å². The van der Waals surface area contributed by atoms with E-state index in [0.717, 1.165) is 17.1 Å². The monoisotopic (exact) mass is 375 g/mol. The van der Waals surface area contributed by atoms with Crippen LogP contribution in [0.15, 0.2) is 60.9 Å². The Morgan fingerprint density at radius 2 is 1.84 bits per heavy atom. The highest BCUT2D eigenvalue weighted by molar-refractivity contribution is 7.88. The van der Waals surface area contributed by atoms with Crippen LogP contribution in [0.2, 0.25) is 5.02 Å². The maximum Gasteiger partial charge on any atom is 0.216 e. The van der Waals surface area contributed by atoms with Crippen molar-refractivity contribution in [3.63, 3.8) is 0 Å². The Morgan fingerprint density at radius 3 is 2.48 bits per heavy atom. The Bertz CT molecular complexity index is 966. The molecular formula is C18H18ClN3O2S. The molecule has 0 fully saturated rings. The van der Waals surface area contributed by atoms with E-state index in [2.05, 4.69) is 9.71 Å². The van der Waals surface area contributed by atoms with Crippen LogP contribution in [-0.4, -0.2) is 18.0 Å². The number of nitrogens with zero attached hydrogens (tertiary/aromatic N) is 2. The molecular weight excluding hydrogens is 358 g/mol. The summed E-state index contributed by atoms with van der Waals surface area (Å²) in [5, 5.41) is 0.452. The van der Waals surface area contributed by atoms with Gasteiger partial charge in [0.25, 0.3) is 0 Å². The van der Waals surface area contributed by atoms with Crippen molar-refractivity contribution in [2.45, 2.75) is 19.2 Å². The summed E-state index contributed by atoms with van der Waals surface area (Å²) in [6.45, 7) is 2.16. The molecule has 0 aliphatic rings. The standard InChI is InChI=1S/C18H18ClN3O2S/c1-14-20-10-11-22(14)17-8-6-15(7-9-17)12-21-25(23,24)13-16-4-2-3-5-18(16)19/h2-11,21H,12-13H2,1H3. The molecule has 3 aromatic rings. The number of nitrogens with one attached hydrogen (secondary N) is 1. The van der Waals surface area contributed by atoms with Crippen molar-refractivity contribution in [2.24, 2.45) is 0 Å². The minimum atomic E-state index is -3.47. The van der Waals surface area contributed by atoms with Crippen LogP contribution in [-0.2, 0) is 22.3 Å². The zero-order valence-corrected chi connectivity index (χ0v) is 15.3. The van der Waals surface area contributed by atoms with E-state index in [-0.39, 0.29) is 12.3 Å². The van der Waals surface area contributed by atoms with Gasteiger partial charge < -0.3 is 4.57 Å². The number of hydrogen-bond acceptors (Lipinski definition) is 3. The third kappa shape index (κ3) is 4.48. The molecule has 0 aliphatic heterocycles. The number of hydrogen-bond donors (Lipinski definition) is 1. The van der Waals surface area contributed by atoms with Crippen LogP contribution >= 0.6 is 11.6 Å². The van der Waals surface area contributed by atoms with Gasteiger partial charge in [0.1, 0.15) is 5.82 Å². The lowest BCUT2D eigenvalue weighted by Gasteiger charge is -2.09. The first-order chi connectivity index (χ1) is 11.9. The van der Waals surface area contributed by atoms with Crippen LogP contribution < -0.4 is 4.72 Å². The Morgan fingerprint density at radius 1 is 1.12 bits per heavy atom. The van der Waals surface area contributed by atoms with Crippen LogP contribution in [0.25, 0.3) is 5.69 Å². The van der Waals surface area contributed by atoms with Crippen molar-refractivity contribution >= 4 is 21.6 Å². The van der Waals surface area contributed by atoms with E-state index in [0.29, 0.717) is 10.6 Å². The molecule has 0 aliphatic carbocycles. The smallest absolute Gasteiger partial charge is 0.216 e. The number of benzene rings is 2. The molecule has 1 N–H and O–H groups in total. The maximum absolute atomic E-state index is 12.2. The van der Waals surface area contributed by atoms with E-state index in [4.69, 9.17) is 11.6 Å².